The van der Waals surface area contributed by atoms with Gasteiger partial charge in [0, 0.05) is 17.6 Å². The van der Waals surface area contributed by atoms with Crippen molar-refractivity contribution in [3.05, 3.63) is 28.2 Å². The molecular weight excluding hydrogens is 326 g/mol. The van der Waals surface area contributed by atoms with Crippen LogP contribution in [0.3, 0.4) is 0 Å². The monoisotopic (exact) mass is 345 g/mol. The number of halogens is 1. The van der Waals surface area contributed by atoms with Crippen LogP contribution in [0.5, 0.6) is 0 Å². The van der Waals surface area contributed by atoms with Crippen molar-refractivity contribution in [1.29, 1.82) is 0 Å². The first-order chi connectivity index (χ1) is 8.82. The van der Waals surface area contributed by atoms with Crippen LogP contribution in [0, 0.1) is 18.8 Å². The predicted octanol–water partition coefficient (Wildman–Crippen LogP) is 3.42. The van der Waals surface area contributed by atoms with Gasteiger partial charge in [-0.2, -0.15) is 4.31 Å². The van der Waals surface area contributed by atoms with Crippen molar-refractivity contribution in [3.63, 3.8) is 0 Å². The van der Waals surface area contributed by atoms with Crippen LogP contribution < -0.4 is 0 Å². The average Bonchev–Trinajstić information content (AvgIpc) is 2.35. The molecule has 0 saturated carbocycles. The van der Waals surface area contributed by atoms with Gasteiger partial charge >= 0.3 is 0 Å². The number of piperidine rings is 1. The van der Waals surface area contributed by atoms with Crippen LogP contribution in [0.2, 0.25) is 0 Å². The van der Waals surface area contributed by atoms with Crippen LogP contribution in [-0.4, -0.2) is 25.8 Å². The Bertz CT molecular complexity index is 571. The summed E-state index contributed by atoms with van der Waals surface area (Å²) in [5.74, 6) is 1.01. The van der Waals surface area contributed by atoms with Crippen LogP contribution in [0.15, 0.2) is 27.6 Å². The summed E-state index contributed by atoms with van der Waals surface area (Å²) in [6, 6.07) is 5.41. The molecule has 0 radical (unpaired) electrons. The molecule has 1 aliphatic heterocycles. The van der Waals surface area contributed by atoms with Crippen LogP contribution >= 0.6 is 15.9 Å². The first-order valence-corrected chi connectivity index (χ1v) is 8.82. The molecule has 2 atom stereocenters. The Morgan fingerprint density at radius 2 is 1.95 bits per heavy atom. The average molecular weight is 346 g/mol. The minimum Gasteiger partial charge on any atom is -0.207 e. The zero-order chi connectivity index (χ0) is 14.2. The second-order valence-electron chi connectivity index (χ2n) is 5.52. The van der Waals surface area contributed by atoms with Gasteiger partial charge in [0.25, 0.3) is 0 Å². The summed E-state index contributed by atoms with van der Waals surface area (Å²) in [6.45, 7) is 7.41. The van der Waals surface area contributed by atoms with Gasteiger partial charge in [-0.05, 0) is 42.9 Å². The maximum atomic E-state index is 12.7. The van der Waals surface area contributed by atoms with Crippen molar-refractivity contribution < 1.29 is 8.42 Å². The van der Waals surface area contributed by atoms with E-state index in [-0.39, 0.29) is 0 Å². The van der Waals surface area contributed by atoms with Gasteiger partial charge in [-0.15, -0.1) is 0 Å². The van der Waals surface area contributed by atoms with Gasteiger partial charge in [-0.1, -0.05) is 35.8 Å². The van der Waals surface area contributed by atoms with Gasteiger partial charge < -0.3 is 0 Å². The molecule has 5 heteroatoms. The number of benzene rings is 1. The molecule has 1 aromatic carbocycles. The molecule has 0 aromatic heterocycles. The molecule has 2 rings (SSSR count). The minimum atomic E-state index is -3.37. The summed E-state index contributed by atoms with van der Waals surface area (Å²) < 4.78 is 27.9. The minimum absolute atomic E-state index is 0.413. The summed E-state index contributed by atoms with van der Waals surface area (Å²) in [5, 5.41) is 0. The van der Waals surface area contributed by atoms with E-state index >= 15 is 0 Å². The van der Waals surface area contributed by atoms with E-state index in [4.69, 9.17) is 0 Å². The van der Waals surface area contributed by atoms with Crippen LogP contribution in [0.1, 0.15) is 25.8 Å². The lowest BCUT2D eigenvalue weighted by Gasteiger charge is -2.34. The van der Waals surface area contributed by atoms with Gasteiger partial charge in [0.05, 0.1) is 4.90 Å². The normalized spacial score (nSPS) is 25.5. The molecule has 1 fully saturated rings. The Morgan fingerprint density at radius 3 is 2.58 bits per heavy atom. The number of sulfonamides is 1. The van der Waals surface area contributed by atoms with E-state index in [1.165, 1.54) is 0 Å². The second-order valence-corrected chi connectivity index (χ2v) is 8.34. The highest BCUT2D eigenvalue weighted by Crippen LogP contribution is 2.29. The van der Waals surface area contributed by atoms with Crippen LogP contribution in [0.25, 0.3) is 0 Å². The van der Waals surface area contributed by atoms with Crippen molar-refractivity contribution in [1.82, 2.24) is 4.31 Å². The molecule has 19 heavy (non-hydrogen) atoms. The molecule has 1 aliphatic rings. The van der Waals surface area contributed by atoms with Crippen molar-refractivity contribution in [2.45, 2.75) is 32.1 Å². The first kappa shape index (κ1) is 15.0. The lowest BCUT2D eigenvalue weighted by Crippen LogP contribution is -2.42. The lowest BCUT2D eigenvalue weighted by molar-refractivity contribution is 0.212. The fourth-order valence-corrected chi connectivity index (χ4v) is 4.75. The summed E-state index contributed by atoms with van der Waals surface area (Å²) in [6.07, 6.45) is 0.938. The Balaban J connectivity index is 2.35. The number of hydrogen-bond acceptors (Lipinski definition) is 2. The van der Waals surface area contributed by atoms with Gasteiger partial charge in [-0.25, -0.2) is 8.42 Å². The number of aryl methyl sites for hydroxylation is 1. The molecule has 1 heterocycles. The second kappa shape index (κ2) is 5.54. The van der Waals surface area contributed by atoms with Gasteiger partial charge in [-0.3, -0.25) is 0 Å². The highest BCUT2D eigenvalue weighted by molar-refractivity contribution is 9.10. The van der Waals surface area contributed by atoms with E-state index in [2.05, 4.69) is 29.8 Å². The number of hydrogen-bond donors (Lipinski definition) is 0. The topological polar surface area (TPSA) is 37.4 Å². The first-order valence-electron chi connectivity index (χ1n) is 6.58. The van der Waals surface area contributed by atoms with Crippen molar-refractivity contribution in [2.75, 3.05) is 13.1 Å². The van der Waals surface area contributed by atoms with E-state index in [9.17, 15) is 8.42 Å². The molecule has 1 aromatic rings. The Hall–Kier alpha value is -0.390. The van der Waals surface area contributed by atoms with Crippen molar-refractivity contribution in [3.8, 4) is 0 Å². The quantitative estimate of drug-likeness (QED) is 0.823. The van der Waals surface area contributed by atoms with Gasteiger partial charge in [0.15, 0.2) is 0 Å². The molecule has 2 unspecified atom stereocenters. The summed E-state index contributed by atoms with van der Waals surface area (Å²) in [4.78, 5) is 0.420. The lowest BCUT2D eigenvalue weighted by atomic mass is 9.90. The molecule has 0 spiro atoms. The molecule has 0 aliphatic carbocycles. The highest BCUT2D eigenvalue weighted by atomic mass is 79.9. The summed E-state index contributed by atoms with van der Waals surface area (Å²) in [5.41, 5.74) is 0.800. The van der Waals surface area contributed by atoms with Crippen molar-refractivity contribution in [2.24, 2.45) is 11.8 Å². The molecule has 0 amide bonds. The van der Waals surface area contributed by atoms with Crippen molar-refractivity contribution >= 4 is 26.0 Å². The fraction of sp³-hybridized carbons (Fsp3) is 0.571. The fourth-order valence-electron chi connectivity index (χ4n) is 2.43. The third-order valence-corrected chi connectivity index (χ3v) is 6.57. The standard InChI is InChI=1S/C14H20BrNO2S/c1-10-6-7-16(9-12(10)3)19(17,18)14-8-13(15)5-4-11(14)2/h4-5,8,10,12H,6-7,9H2,1-3H3. The van der Waals surface area contributed by atoms with Crippen LogP contribution in [-0.2, 0) is 10.0 Å². The molecule has 106 valence electrons. The van der Waals surface area contributed by atoms with E-state index < -0.39 is 10.0 Å². The van der Waals surface area contributed by atoms with Gasteiger partial charge in [0.1, 0.15) is 0 Å². The molecular formula is C14H20BrNO2S. The number of nitrogens with zero attached hydrogens (tertiary/aromatic N) is 1. The smallest absolute Gasteiger partial charge is 0.207 e. The largest absolute Gasteiger partial charge is 0.243 e. The maximum Gasteiger partial charge on any atom is 0.243 e. The molecule has 3 nitrogen and oxygen atoms in total. The third-order valence-electron chi connectivity index (χ3n) is 4.06. The van der Waals surface area contributed by atoms with E-state index in [1.54, 1.807) is 10.4 Å². The predicted molar refractivity (Wildman–Crippen MR) is 80.6 cm³/mol. The molecule has 0 bridgehead atoms. The Morgan fingerprint density at radius 1 is 1.26 bits per heavy atom. The SMILES string of the molecule is Cc1ccc(Br)cc1S(=O)(=O)N1CCC(C)C(C)C1. The van der Waals surface area contributed by atoms with E-state index in [1.807, 2.05) is 19.1 Å². The maximum absolute atomic E-state index is 12.7. The Labute approximate surface area is 124 Å². The number of rotatable bonds is 2. The third kappa shape index (κ3) is 3.03. The zero-order valence-electron chi connectivity index (χ0n) is 11.6. The summed E-state index contributed by atoms with van der Waals surface area (Å²) >= 11 is 3.35. The molecule has 0 N–H and O–H groups in total. The Kier molecular flexibility index (Phi) is 4.38. The van der Waals surface area contributed by atoms with E-state index in [0.717, 1.165) is 16.5 Å². The zero-order valence-corrected chi connectivity index (χ0v) is 14.0. The van der Waals surface area contributed by atoms with Crippen LogP contribution in [0.4, 0.5) is 0 Å². The van der Waals surface area contributed by atoms with Gasteiger partial charge in [0.2, 0.25) is 10.0 Å². The summed E-state index contributed by atoms with van der Waals surface area (Å²) in [7, 11) is -3.37. The molecule has 1 saturated heterocycles. The van der Waals surface area contributed by atoms with E-state index in [0.29, 0.717) is 29.8 Å². The highest BCUT2D eigenvalue weighted by Gasteiger charge is 2.32.